The largest absolute Gasteiger partial charge is 0.312 e. The zero-order valence-electron chi connectivity index (χ0n) is 12.7. The minimum atomic E-state index is 0.247. The number of hydrogen-bond donors (Lipinski definition) is 1. The second-order valence-electron chi connectivity index (χ2n) is 7.31. The minimum Gasteiger partial charge on any atom is -0.312 e. The molecule has 0 aromatic heterocycles. The molecule has 0 spiro atoms. The summed E-state index contributed by atoms with van der Waals surface area (Å²) in [5, 5.41) is 3.61. The Bertz CT molecular complexity index is 213. The lowest BCUT2D eigenvalue weighted by Gasteiger charge is -2.29. The molecule has 1 atom stereocenters. The van der Waals surface area contributed by atoms with Crippen LogP contribution in [0, 0.1) is 11.8 Å². The van der Waals surface area contributed by atoms with E-state index in [0.29, 0.717) is 0 Å². The standard InChI is InChI=1S/C15H32N2/c1-12(2)10-17(14-7-8-14)11-13(3)9-16-15(4,5)6/h12-14,16H,7-11H2,1-6H3. The molecule has 0 aromatic rings. The molecule has 0 saturated heterocycles. The van der Waals surface area contributed by atoms with Crippen molar-refractivity contribution in [3.8, 4) is 0 Å². The van der Waals surface area contributed by atoms with Gasteiger partial charge in [0.1, 0.15) is 0 Å². The summed E-state index contributed by atoms with van der Waals surface area (Å²) < 4.78 is 0. The van der Waals surface area contributed by atoms with Gasteiger partial charge in [-0.25, -0.2) is 0 Å². The fourth-order valence-electron chi connectivity index (χ4n) is 2.23. The maximum atomic E-state index is 3.61. The van der Waals surface area contributed by atoms with Gasteiger partial charge in [-0.05, 0) is 52.0 Å². The van der Waals surface area contributed by atoms with Crippen molar-refractivity contribution < 1.29 is 0 Å². The van der Waals surface area contributed by atoms with E-state index in [1.165, 1.54) is 25.9 Å². The van der Waals surface area contributed by atoms with Gasteiger partial charge in [-0.3, -0.25) is 4.90 Å². The van der Waals surface area contributed by atoms with Gasteiger partial charge in [-0.15, -0.1) is 0 Å². The quantitative estimate of drug-likeness (QED) is 0.735. The van der Waals surface area contributed by atoms with E-state index in [1.54, 1.807) is 0 Å². The first-order valence-electron chi connectivity index (χ1n) is 7.27. The Labute approximate surface area is 108 Å². The zero-order valence-corrected chi connectivity index (χ0v) is 12.7. The van der Waals surface area contributed by atoms with Gasteiger partial charge in [-0.1, -0.05) is 20.8 Å². The Hall–Kier alpha value is -0.0800. The summed E-state index contributed by atoms with van der Waals surface area (Å²) in [6.07, 6.45) is 2.85. The summed E-state index contributed by atoms with van der Waals surface area (Å²) in [6, 6.07) is 0.898. The number of hydrogen-bond acceptors (Lipinski definition) is 2. The molecule has 0 bridgehead atoms. The smallest absolute Gasteiger partial charge is 0.00966 e. The van der Waals surface area contributed by atoms with Crippen LogP contribution in [0.2, 0.25) is 0 Å². The summed E-state index contributed by atoms with van der Waals surface area (Å²) in [5.74, 6) is 1.53. The van der Waals surface area contributed by atoms with Crippen LogP contribution < -0.4 is 5.32 Å². The van der Waals surface area contributed by atoms with Crippen LogP contribution in [0.5, 0.6) is 0 Å². The van der Waals surface area contributed by atoms with Crippen molar-refractivity contribution in [2.24, 2.45) is 11.8 Å². The molecule has 0 amide bonds. The molecular formula is C15H32N2. The van der Waals surface area contributed by atoms with E-state index in [0.717, 1.165) is 24.4 Å². The maximum Gasteiger partial charge on any atom is 0.00966 e. The van der Waals surface area contributed by atoms with Gasteiger partial charge < -0.3 is 5.32 Å². The Morgan fingerprint density at radius 3 is 2.12 bits per heavy atom. The Balaban J connectivity index is 2.28. The van der Waals surface area contributed by atoms with Gasteiger partial charge in [-0.2, -0.15) is 0 Å². The van der Waals surface area contributed by atoms with Gasteiger partial charge in [0.2, 0.25) is 0 Å². The normalized spacial score (nSPS) is 19.1. The third-order valence-electron chi connectivity index (χ3n) is 3.19. The molecule has 0 aliphatic heterocycles. The van der Waals surface area contributed by atoms with Crippen molar-refractivity contribution in [2.45, 2.75) is 66.0 Å². The monoisotopic (exact) mass is 240 g/mol. The van der Waals surface area contributed by atoms with Gasteiger partial charge in [0.05, 0.1) is 0 Å². The molecule has 1 rings (SSSR count). The molecule has 0 aromatic carbocycles. The minimum absolute atomic E-state index is 0.247. The molecule has 1 fully saturated rings. The highest BCUT2D eigenvalue weighted by Crippen LogP contribution is 2.28. The number of nitrogens with zero attached hydrogens (tertiary/aromatic N) is 1. The second kappa shape index (κ2) is 6.19. The summed E-state index contributed by atoms with van der Waals surface area (Å²) >= 11 is 0. The van der Waals surface area contributed by atoms with Crippen LogP contribution in [-0.4, -0.2) is 36.1 Å². The van der Waals surface area contributed by atoms with Crippen molar-refractivity contribution in [2.75, 3.05) is 19.6 Å². The van der Waals surface area contributed by atoms with Crippen molar-refractivity contribution in [1.29, 1.82) is 0 Å². The molecule has 1 aliphatic rings. The number of rotatable bonds is 7. The first kappa shape index (κ1) is 15.0. The predicted octanol–water partition coefficient (Wildman–Crippen LogP) is 3.13. The van der Waals surface area contributed by atoms with Crippen molar-refractivity contribution in [3.05, 3.63) is 0 Å². The highest BCUT2D eigenvalue weighted by atomic mass is 15.2. The van der Waals surface area contributed by atoms with Crippen LogP contribution in [0.3, 0.4) is 0 Å². The van der Waals surface area contributed by atoms with Crippen molar-refractivity contribution in [1.82, 2.24) is 10.2 Å². The van der Waals surface area contributed by atoms with E-state index in [1.807, 2.05) is 0 Å². The molecule has 0 radical (unpaired) electrons. The Morgan fingerprint density at radius 1 is 1.12 bits per heavy atom. The summed E-state index contributed by atoms with van der Waals surface area (Å²) in [6.45, 7) is 17.4. The average molecular weight is 240 g/mol. The maximum absolute atomic E-state index is 3.61. The predicted molar refractivity (Wildman–Crippen MR) is 76.4 cm³/mol. The molecule has 17 heavy (non-hydrogen) atoms. The Kier molecular flexibility index (Phi) is 5.46. The van der Waals surface area contributed by atoms with Gasteiger partial charge in [0.25, 0.3) is 0 Å². The highest BCUT2D eigenvalue weighted by Gasteiger charge is 2.30. The Morgan fingerprint density at radius 2 is 1.71 bits per heavy atom. The molecule has 2 nitrogen and oxygen atoms in total. The molecule has 2 heteroatoms. The van der Waals surface area contributed by atoms with Crippen molar-refractivity contribution >= 4 is 0 Å². The molecule has 1 unspecified atom stereocenters. The molecular weight excluding hydrogens is 208 g/mol. The van der Waals surface area contributed by atoms with E-state index in [-0.39, 0.29) is 5.54 Å². The lowest BCUT2D eigenvalue weighted by atomic mass is 10.1. The van der Waals surface area contributed by atoms with E-state index < -0.39 is 0 Å². The lowest BCUT2D eigenvalue weighted by Crippen LogP contribution is -2.42. The van der Waals surface area contributed by atoms with Crippen molar-refractivity contribution in [3.63, 3.8) is 0 Å². The van der Waals surface area contributed by atoms with Crippen LogP contribution in [0.25, 0.3) is 0 Å². The van der Waals surface area contributed by atoms with Crippen LogP contribution in [0.4, 0.5) is 0 Å². The summed E-state index contributed by atoms with van der Waals surface area (Å²) in [7, 11) is 0. The molecule has 1 aliphatic carbocycles. The first-order chi connectivity index (χ1) is 7.78. The zero-order chi connectivity index (χ0) is 13.1. The van der Waals surface area contributed by atoms with Crippen LogP contribution in [-0.2, 0) is 0 Å². The molecule has 0 heterocycles. The van der Waals surface area contributed by atoms with Crippen LogP contribution in [0.1, 0.15) is 54.4 Å². The molecule has 102 valence electrons. The topological polar surface area (TPSA) is 15.3 Å². The fourth-order valence-corrected chi connectivity index (χ4v) is 2.23. The van der Waals surface area contributed by atoms with Gasteiger partial charge >= 0.3 is 0 Å². The number of nitrogens with one attached hydrogen (secondary N) is 1. The van der Waals surface area contributed by atoms with E-state index >= 15 is 0 Å². The fraction of sp³-hybridized carbons (Fsp3) is 1.00. The third-order valence-corrected chi connectivity index (χ3v) is 3.19. The van der Waals surface area contributed by atoms with E-state index in [4.69, 9.17) is 0 Å². The summed E-state index contributed by atoms with van der Waals surface area (Å²) in [5.41, 5.74) is 0.247. The first-order valence-corrected chi connectivity index (χ1v) is 7.27. The highest BCUT2D eigenvalue weighted by molar-refractivity contribution is 4.86. The average Bonchev–Trinajstić information content (AvgIpc) is 2.94. The third kappa shape index (κ3) is 7.05. The molecule has 1 N–H and O–H groups in total. The van der Waals surface area contributed by atoms with Gasteiger partial charge in [0, 0.05) is 24.7 Å². The second-order valence-corrected chi connectivity index (χ2v) is 7.31. The SMILES string of the molecule is CC(C)CN(CC(C)CNC(C)(C)C)C1CC1. The van der Waals surface area contributed by atoms with E-state index in [9.17, 15) is 0 Å². The lowest BCUT2D eigenvalue weighted by molar-refractivity contribution is 0.198. The van der Waals surface area contributed by atoms with Gasteiger partial charge in [0.15, 0.2) is 0 Å². The van der Waals surface area contributed by atoms with Crippen LogP contribution >= 0.6 is 0 Å². The molecule has 1 saturated carbocycles. The summed E-state index contributed by atoms with van der Waals surface area (Å²) in [4.78, 5) is 2.71. The van der Waals surface area contributed by atoms with E-state index in [2.05, 4.69) is 51.8 Å². The van der Waals surface area contributed by atoms with Crippen LogP contribution in [0.15, 0.2) is 0 Å².